The second-order valence-electron chi connectivity index (χ2n) is 4.90. The fourth-order valence-electron chi connectivity index (χ4n) is 1.91. The number of sulfonamides is 1. The van der Waals surface area contributed by atoms with Crippen LogP contribution in [0.5, 0.6) is 0 Å². The Kier molecular flexibility index (Phi) is 4.92. The number of nitrogens with two attached hydrogens (primary N) is 1. The van der Waals surface area contributed by atoms with Crippen LogP contribution in [-0.4, -0.2) is 14.3 Å². The Morgan fingerprint density at radius 1 is 1.17 bits per heavy atom. The van der Waals surface area contributed by atoms with E-state index in [2.05, 4.69) is 5.32 Å². The van der Waals surface area contributed by atoms with Crippen molar-refractivity contribution in [3.05, 3.63) is 65.5 Å². The van der Waals surface area contributed by atoms with E-state index in [0.29, 0.717) is 16.8 Å². The molecule has 0 heterocycles. The minimum atomic E-state index is -3.86. The van der Waals surface area contributed by atoms with Gasteiger partial charge < -0.3 is 5.32 Å². The Balaban J connectivity index is 2.13. The summed E-state index contributed by atoms with van der Waals surface area (Å²) in [6, 6.07) is 10.1. The molecule has 5 nitrogen and oxygen atoms in total. The first-order valence-electron chi connectivity index (χ1n) is 6.64. The molecule has 0 spiro atoms. The topological polar surface area (TPSA) is 89.3 Å². The quantitative estimate of drug-likeness (QED) is 0.842. The van der Waals surface area contributed by atoms with Crippen LogP contribution in [0.1, 0.15) is 11.1 Å². The van der Waals surface area contributed by atoms with E-state index in [1.807, 2.05) is 0 Å². The van der Waals surface area contributed by atoms with E-state index < -0.39 is 15.9 Å². The normalized spacial score (nSPS) is 11.6. The van der Waals surface area contributed by atoms with E-state index in [0.717, 1.165) is 0 Å². The molecule has 0 bridgehead atoms. The second-order valence-corrected chi connectivity index (χ2v) is 6.43. The largest absolute Gasteiger partial charge is 0.322 e. The van der Waals surface area contributed by atoms with Crippen LogP contribution in [-0.2, 0) is 14.8 Å². The predicted octanol–water partition coefficient (Wildman–Crippen LogP) is 2.43. The molecule has 0 saturated heterocycles. The van der Waals surface area contributed by atoms with Crippen LogP contribution in [0.25, 0.3) is 6.08 Å². The van der Waals surface area contributed by atoms with Crippen LogP contribution in [0, 0.1) is 12.7 Å². The molecule has 0 atom stereocenters. The second kappa shape index (κ2) is 6.72. The number of anilines is 1. The number of amides is 1. The van der Waals surface area contributed by atoms with Gasteiger partial charge in [0.25, 0.3) is 0 Å². The maximum atomic E-state index is 12.8. The fourth-order valence-corrected chi connectivity index (χ4v) is 2.72. The molecular formula is C16H15FN2O3S. The maximum Gasteiger partial charge on any atom is 0.248 e. The van der Waals surface area contributed by atoms with Gasteiger partial charge in [-0.3, -0.25) is 4.79 Å². The fraction of sp³-hybridized carbons (Fsp3) is 0.0625. The lowest BCUT2D eigenvalue weighted by Crippen LogP contribution is -2.15. The van der Waals surface area contributed by atoms with Gasteiger partial charge in [0.05, 0.1) is 4.90 Å². The third-order valence-electron chi connectivity index (χ3n) is 3.06. The molecule has 120 valence electrons. The van der Waals surface area contributed by atoms with Crippen LogP contribution < -0.4 is 10.5 Å². The van der Waals surface area contributed by atoms with Gasteiger partial charge in [-0.15, -0.1) is 0 Å². The number of carbonyl (C=O) groups is 1. The first-order chi connectivity index (χ1) is 10.8. The number of aryl methyl sites for hydroxylation is 1. The summed E-state index contributed by atoms with van der Waals surface area (Å²) in [5.41, 5.74) is 1.47. The molecule has 7 heteroatoms. The van der Waals surface area contributed by atoms with Gasteiger partial charge in [0.1, 0.15) is 5.82 Å². The van der Waals surface area contributed by atoms with Gasteiger partial charge in [0.2, 0.25) is 15.9 Å². The first kappa shape index (κ1) is 16.9. The van der Waals surface area contributed by atoms with E-state index in [9.17, 15) is 17.6 Å². The van der Waals surface area contributed by atoms with Crippen molar-refractivity contribution >= 4 is 27.7 Å². The van der Waals surface area contributed by atoms with Gasteiger partial charge in [-0.1, -0.05) is 18.2 Å². The molecular weight excluding hydrogens is 319 g/mol. The number of primary sulfonamides is 1. The summed E-state index contributed by atoms with van der Waals surface area (Å²) in [4.78, 5) is 11.8. The molecule has 0 saturated carbocycles. The summed E-state index contributed by atoms with van der Waals surface area (Å²) in [7, 11) is -3.86. The number of hydrogen-bond donors (Lipinski definition) is 2. The summed E-state index contributed by atoms with van der Waals surface area (Å²) in [5, 5.41) is 7.66. The number of nitrogens with one attached hydrogen (secondary N) is 1. The minimum absolute atomic E-state index is 0.0437. The van der Waals surface area contributed by atoms with Crippen molar-refractivity contribution in [2.24, 2.45) is 5.14 Å². The van der Waals surface area contributed by atoms with Gasteiger partial charge in [0.15, 0.2) is 0 Å². The lowest BCUT2D eigenvalue weighted by atomic mass is 10.2. The van der Waals surface area contributed by atoms with Crippen molar-refractivity contribution in [1.82, 2.24) is 0 Å². The van der Waals surface area contributed by atoms with Gasteiger partial charge in [0, 0.05) is 11.8 Å². The molecule has 0 radical (unpaired) electrons. The third-order valence-corrected chi connectivity index (χ3v) is 4.11. The zero-order valence-corrected chi connectivity index (χ0v) is 13.1. The monoisotopic (exact) mass is 334 g/mol. The van der Waals surface area contributed by atoms with Crippen molar-refractivity contribution in [1.29, 1.82) is 0 Å². The molecule has 1 amide bonds. The van der Waals surface area contributed by atoms with Gasteiger partial charge in [-0.05, 0) is 48.4 Å². The Morgan fingerprint density at radius 3 is 2.43 bits per heavy atom. The summed E-state index contributed by atoms with van der Waals surface area (Å²) < 4.78 is 35.7. The van der Waals surface area contributed by atoms with Gasteiger partial charge >= 0.3 is 0 Å². The van der Waals surface area contributed by atoms with Gasteiger partial charge in [-0.25, -0.2) is 17.9 Å². The lowest BCUT2D eigenvalue weighted by Gasteiger charge is -2.07. The maximum absolute atomic E-state index is 12.8. The van der Waals surface area contributed by atoms with Gasteiger partial charge in [-0.2, -0.15) is 0 Å². The Hall–Kier alpha value is -2.51. The molecule has 23 heavy (non-hydrogen) atoms. The first-order valence-corrected chi connectivity index (χ1v) is 8.18. The Bertz CT molecular complexity index is 859. The van der Waals surface area contributed by atoms with Crippen molar-refractivity contribution in [2.75, 3.05) is 5.32 Å². The molecule has 0 aliphatic heterocycles. The molecule has 0 aromatic heterocycles. The van der Waals surface area contributed by atoms with E-state index >= 15 is 0 Å². The lowest BCUT2D eigenvalue weighted by molar-refractivity contribution is -0.111. The SMILES string of the molecule is Cc1ccc(NC(=O)/C=C\c2ccc(F)cc2)cc1S(N)(=O)=O. The van der Waals surface area contributed by atoms with Crippen molar-refractivity contribution in [3.8, 4) is 0 Å². The predicted molar refractivity (Wildman–Crippen MR) is 86.6 cm³/mol. The highest BCUT2D eigenvalue weighted by atomic mass is 32.2. The highest BCUT2D eigenvalue weighted by Gasteiger charge is 2.12. The van der Waals surface area contributed by atoms with E-state index in [4.69, 9.17) is 5.14 Å². The van der Waals surface area contributed by atoms with Crippen molar-refractivity contribution < 1.29 is 17.6 Å². The smallest absolute Gasteiger partial charge is 0.248 e. The average molecular weight is 334 g/mol. The number of halogens is 1. The average Bonchev–Trinajstić information content (AvgIpc) is 2.47. The zero-order valence-electron chi connectivity index (χ0n) is 12.3. The van der Waals surface area contributed by atoms with Crippen LogP contribution in [0.15, 0.2) is 53.4 Å². The number of carbonyl (C=O) groups excluding carboxylic acids is 1. The molecule has 0 aliphatic rings. The van der Waals surface area contributed by atoms with Crippen molar-refractivity contribution in [3.63, 3.8) is 0 Å². The van der Waals surface area contributed by atoms with E-state index in [1.165, 1.54) is 42.5 Å². The van der Waals surface area contributed by atoms with Crippen LogP contribution in [0.3, 0.4) is 0 Å². The molecule has 2 aromatic carbocycles. The van der Waals surface area contributed by atoms with Crippen LogP contribution >= 0.6 is 0 Å². The summed E-state index contributed by atoms with van der Waals surface area (Å²) in [6.07, 6.45) is 2.78. The van der Waals surface area contributed by atoms with Crippen LogP contribution in [0.4, 0.5) is 10.1 Å². The standard InChI is InChI=1S/C16H15FN2O3S/c1-11-2-8-14(10-15(11)23(18,21)22)19-16(20)9-5-12-3-6-13(17)7-4-12/h2-10H,1H3,(H,19,20)(H2,18,21,22)/b9-5-. The molecule has 3 N–H and O–H groups in total. The minimum Gasteiger partial charge on any atom is -0.322 e. The number of rotatable bonds is 4. The van der Waals surface area contributed by atoms with E-state index in [-0.39, 0.29) is 10.7 Å². The molecule has 0 aliphatic carbocycles. The molecule has 2 aromatic rings. The third kappa shape index (κ3) is 4.73. The Morgan fingerprint density at radius 2 is 1.83 bits per heavy atom. The summed E-state index contributed by atoms with van der Waals surface area (Å²) in [5.74, 6) is -0.805. The number of benzene rings is 2. The summed E-state index contributed by atoms with van der Waals surface area (Å²) >= 11 is 0. The molecule has 2 rings (SSSR count). The van der Waals surface area contributed by atoms with E-state index in [1.54, 1.807) is 19.1 Å². The Labute approximate surface area is 133 Å². The summed E-state index contributed by atoms with van der Waals surface area (Å²) in [6.45, 7) is 1.61. The molecule has 0 fully saturated rings. The number of hydrogen-bond acceptors (Lipinski definition) is 3. The molecule has 0 unspecified atom stereocenters. The van der Waals surface area contributed by atoms with Crippen molar-refractivity contribution in [2.45, 2.75) is 11.8 Å². The van der Waals surface area contributed by atoms with Crippen LogP contribution in [0.2, 0.25) is 0 Å². The highest BCUT2D eigenvalue weighted by molar-refractivity contribution is 7.89. The highest BCUT2D eigenvalue weighted by Crippen LogP contribution is 2.19. The zero-order chi connectivity index (χ0) is 17.0.